The number of aromatic nitrogens is 6. The van der Waals surface area contributed by atoms with Crippen LogP contribution in [-0.2, 0) is 27.4 Å². The van der Waals surface area contributed by atoms with E-state index in [1.165, 1.54) is 18.7 Å². The SMILES string of the molecule is CCOC(=O)c1c[nH]c2c(C(=O)NCc3ccc4c(c3)NC(=O)CO4)ncnc12.O=C1COc2ccc(CNC(=O)c3ncnc4c(C(=O)O)c[nH]c34)cc2N1. The van der Waals surface area contributed by atoms with E-state index in [-0.39, 0.29) is 78.3 Å². The second-order valence-corrected chi connectivity index (χ2v) is 12.0. The van der Waals surface area contributed by atoms with Crippen molar-refractivity contribution in [1.29, 1.82) is 0 Å². The number of hydrogen-bond donors (Lipinski definition) is 7. The predicted molar refractivity (Wildman–Crippen MR) is 194 cm³/mol. The molecular weight excluding hydrogens is 732 g/mol. The number of amides is 4. The van der Waals surface area contributed by atoms with Crippen molar-refractivity contribution in [2.45, 2.75) is 20.0 Å². The minimum absolute atomic E-state index is 0.0171. The summed E-state index contributed by atoms with van der Waals surface area (Å²) in [5.74, 6) is -1.93. The molecule has 0 saturated carbocycles. The Bertz CT molecular complexity index is 2560. The molecule has 0 saturated heterocycles. The van der Waals surface area contributed by atoms with Gasteiger partial charge in [0.2, 0.25) is 0 Å². The molecule has 4 aromatic heterocycles. The summed E-state index contributed by atoms with van der Waals surface area (Å²) in [5, 5.41) is 20.1. The highest BCUT2D eigenvalue weighted by Gasteiger charge is 2.22. The number of carboxylic acid groups (broad SMARTS) is 1. The normalized spacial score (nSPS) is 12.7. The van der Waals surface area contributed by atoms with Gasteiger partial charge in [-0.3, -0.25) is 19.2 Å². The van der Waals surface area contributed by atoms with E-state index in [1.807, 2.05) is 0 Å². The van der Waals surface area contributed by atoms with Crippen molar-refractivity contribution in [2.24, 2.45) is 0 Å². The maximum Gasteiger partial charge on any atom is 0.341 e. The maximum atomic E-state index is 12.6. The number of carboxylic acids is 1. The van der Waals surface area contributed by atoms with E-state index in [0.29, 0.717) is 33.9 Å². The highest BCUT2D eigenvalue weighted by molar-refractivity contribution is 6.10. The van der Waals surface area contributed by atoms with Gasteiger partial charge in [0, 0.05) is 25.5 Å². The number of aromatic carboxylic acids is 1. The third kappa shape index (κ3) is 7.60. The lowest BCUT2D eigenvalue weighted by Crippen LogP contribution is -2.26. The average Bonchev–Trinajstić information content (AvgIpc) is 3.84. The maximum absolute atomic E-state index is 12.6. The van der Waals surface area contributed by atoms with E-state index < -0.39 is 23.8 Å². The van der Waals surface area contributed by atoms with Gasteiger partial charge in [-0.2, -0.15) is 0 Å². The van der Waals surface area contributed by atoms with Crippen LogP contribution in [0.3, 0.4) is 0 Å². The molecular formula is C36H30N10O10. The molecule has 0 fully saturated rings. The van der Waals surface area contributed by atoms with Crippen LogP contribution >= 0.6 is 0 Å². The molecule has 6 aromatic rings. The molecule has 0 atom stereocenters. The molecule has 4 amide bonds. The molecule has 2 aliphatic rings. The molecule has 20 heteroatoms. The number of ether oxygens (including phenoxy) is 3. The third-order valence-corrected chi connectivity index (χ3v) is 8.34. The highest BCUT2D eigenvalue weighted by atomic mass is 16.5. The molecule has 8 rings (SSSR count). The number of benzene rings is 2. The van der Waals surface area contributed by atoms with Crippen LogP contribution < -0.4 is 30.7 Å². The van der Waals surface area contributed by atoms with Crippen LogP contribution in [0.25, 0.3) is 22.1 Å². The zero-order valence-electron chi connectivity index (χ0n) is 29.2. The lowest BCUT2D eigenvalue weighted by molar-refractivity contribution is -0.119. The molecule has 284 valence electrons. The molecule has 0 aliphatic carbocycles. The fourth-order valence-corrected chi connectivity index (χ4v) is 5.76. The Hall–Kier alpha value is -7.90. The first-order chi connectivity index (χ1) is 27.1. The number of fused-ring (bicyclic) bond motifs is 4. The third-order valence-electron chi connectivity index (χ3n) is 8.34. The second-order valence-electron chi connectivity index (χ2n) is 12.0. The van der Waals surface area contributed by atoms with E-state index in [4.69, 9.17) is 19.3 Å². The zero-order chi connectivity index (χ0) is 39.3. The summed E-state index contributed by atoms with van der Waals surface area (Å²) in [7, 11) is 0. The number of aromatic amines is 2. The lowest BCUT2D eigenvalue weighted by Gasteiger charge is -2.18. The van der Waals surface area contributed by atoms with Crippen LogP contribution in [0.1, 0.15) is 59.7 Å². The smallest absolute Gasteiger partial charge is 0.341 e. The monoisotopic (exact) mass is 762 g/mol. The summed E-state index contributed by atoms with van der Waals surface area (Å²) in [6.07, 6.45) is 5.08. The van der Waals surface area contributed by atoms with Crippen LogP contribution in [-0.4, -0.2) is 90.4 Å². The molecule has 7 N–H and O–H groups in total. The van der Waals surface area contributed by atoms with Gasteiger partial charge < -0.3 is 50.6 Å². The van der Waals surface area contributed by atoms with Crippen LogP contribution in [0.2, 0.25) is 0 Å². The zero-order valence-corrected chi connectivity index (χ0v) is 29.2. The Morgan fingerprint density at radius 3 is 1.70 bits per heavy atom. The van der Waals surface area contributed by atoms with Crippen molar-refractivity contribution < 1.29 is 48.1 Å². The molecule has 20 nitrogen and oxygen atoms in total. The van der Waals surface area contributed by atoms with E-state index in [9.17, 15) is 28.8 Å². The van der Waals surface area contributed by atoms with E-state index in [2.05, 4.69) is 51.2 Å². The number of carbonyl (C=O) groups excluding carboxylic acids is 5. The Kier molecular flexibility index (Phi) is 10.2. The summed E-state index contributed by atoms with van der Waals surface area (Å²) < 4.78 is 15.6. The number of esters is 1. The summed E-state index contributed by atoms with van der Waals surface area (Å²) in [6.45, 7) is 2.28. The fraction of sp³-hybridized carbons (Fsp3) is 0.167. The van der Waals surface area contributed by atoms with Gasteiger partial charge in [0.1, 0.15) is 46.3 Å². The first-order valence-corrected chi connectivity index (χ1v) is 16.8. The second kappa shape index (κ2) is 15.6. The van der Waals surface area contributed by atoms with Gasteiger partial charge in [0.15, 0.2) is 24.6 Å². The number of carbonyl (C=O) groups is 6. The van der Waals surface area contributed by atoms with E-state index in [0.717, 1.165) is 17.5 Å². The Labute approximate surface area is 314 Å². The van der Waals surface area contributed by atoms with Crippen molar-refractivity contribution in [3.05, 3.63) is 95.1 Å². The van der Waals surface area contributed by atoms with Crippen LogP contribution in [0.15, 0.2) is 61.4 Å². The van der Waals surface area contributed by atoms with Gasteiger partial charge in [-0.05, 0) is 42.3 Å². The minimum Gasteiger partial charge on any atom is -0.482 e. The first kappa shape index (κ1) is 36.5. The van der Waals surface area contributed by atoms with Gasteiger partial charge >= 0.3 is 11.9 Å². The number of rotatable bonds is 9. The Morgan fingerprint density at radius 1 is 0.732 bits per heavy atom. The van der Waals surface area contributed by atoms with Crippen molar-refractivity contribution >= 4 is 69.0 Å². The first-order valence-electron chi connectivity index (χ1n) is 16.8. The summed E-state index contributed by atoms with van der Waals surface area (Å²) >= 11 is 0. The van der Waals surface area contributed by atoms with Crippen LogP contribution in [0, 0.1) is 0 Å². The number of anilines is 2. The Morgan fingerprint density at radius 2 is 1.21 bits per heavy atom. The topological polar surface area (TPSA) is 282 Å². The predicted octanol–water partition coefficient (Wildman–Crippen LogP) is 2.31. The van der Waals surface area contributed by atoms with E-state index in [1.54, 1.807) is 43.3 Å². The number of H-pyrrole nitrogens is 2. The van der Waals surface area contributed by atoms with Crippen molar-refractivity contribution in [3.8, 4) is 11.5 Å². The average molecular weight is 763 g/mol. The highest BCUT2D eigenvalue weighted by Crippen LogP contribution is 2.30. The van der Waals surface area contributed by atoms with Crippen molar-refractivity contribution in [1.82, 2.24) is 40.5 Å². The number of hydrogen-bond acceptors (Lipinski definition) is 13. The molecule has 0 unspecified atom stereocenters. The number of nitrogens with zero attached hydrogens (tertiary/aromatic N) is 4. The van der Waals surface area contributed by atoms with Gasteiger partial charge in [0.25, 0.3) is 23.6 Å². The van der Waals surface area contributed by atoms with Gasteiger partial charge in [-0.1, -0.05) is 12.1 Å². The molecule has 0 bridgehead atoms. The molecule has 0 radical (unpaired) electrons. The quantitative estimate of drug-likeness (QED) is 0.104. The standard InChI is InChI=1S/C19H17N5O5.C17H13N5O5/c1-2-28-19(27)11-7-20-16-15(11)22-9-23-17(16)18(26)21-6-10-3-4-13-12(5-10)24-14(25)8-29-13;23-12-6-27-11-2-1-8(3-10(11)22-12)4-19-16(24)15-14-13(20-7-21-15)9(5-18-14)17(25)26/h3-5,7,9,20H,2,6,8H2,1H3,(H,21,26)(H,24,25);1-3,5,7,18H,4,6H2,(H,19,24)(H,22,23)(H,25,26). The van der Waals surface area contributed by atoms with Gasteiger partial charge in [-0.25, -0.2) is 29.5 Å². The molecule has 6 heterocycles. The van der Waals surface area contributed by atoms with Crippen LogP contribution in [0.4, 0.5) is 11.4 Å². The molecule has 0 spiro atoms. The molecule has 56 heavy (non-hydrogen) atoms. The summed E-state index contributed by atoms with van der Waals surface area (Å²) in [5.41, 5.74) is 4.05. The van der Waals surface area contributed by atoms with Gasteiger partial charge in [0.05, 0.1) is 29.0 Å². The fourth-order valence-electron chi connectivity index (χ4n) is 5.76. The minimum atomic E-state index is -1.15. The summed E-state index contributed by atoms with van der Waals surface area (Å²) in [4.78, 5) is 92.8. The molecule has 2 aromatic carbocycles. The van der Waals surface area contributed by atoms with Crippen molar-refractivity contribution in [2.75, 3.05) is 30.5 Å². The Balaban J connectivity index is 0.000000172. The van der Waals surface area contributed by atoms with E-state index >= 15 is 0 Å². The van der Waals surface area contributed by atoms with Crippen LogP contribution in [0.5, 0.6) is 11.5 Å². The summed E-state index contributed by atoms with van der Waals surface area (Å²) in [6, 6.07) is 10.4. The van der Waals surface area contributed by atoms with Gasteiger partial charge in [-0.15, -0.1) is 0 Å². The largest absolute Gasteiger partial charge is 0.482 e. The molecule has 2 aliphatic heterocycles. The number of nitrogens with one attached hydrogen (secondary N) is 6. The van der Waals surface area contributed by atoms with Crippen molar-refractivity contribution in [3.63, 3.8) is 0 Å². The lowest BCUT2D eigenvalue weighted by atomic mass is 10.1.